The Balaban J connectivity index is 0. The van der Waals surface area contributed by atoms with Gasteiger partial charge in [-0.25, -0.2) is 0 Å². The topological polar surface area (TPSA) is 254 Å². The van der Waals surface area contributed by atoms with Crippen LogP contribution in [-0.4, -0.2) is 57.8 Å². The van der Waals surface area contributed by atoms with Crippen molar-refractivity contribution in [2.24, 2.45) is 33.7 Å². The van der Waals surface area contributed by atoms with Gasteiger partial charge in [-0.15, -0.1) is 0 Å². The number of carbonyl (C=O) groups excluding carboxylic acids is 1. The SMILES string of the molecule is CC(N)=O.NC(Cc1ccc(O)cc1)C(=O)O.NC(N)=NCCCC(N)C(=O)O. The molecule has 13 N–H and O–H groups in total. The molecular formula is C17H30N6O6. The van der Waals surface area contributed by atoms with E-state index in [4.69, 9.17) is 38.3 Å². The molecule has 0 saturated carbocycles. The molecule has 0 saturated heterocycles. The molecule has 2 atom stereocenters. The van der Waals surface area contributed by atoms with Gasteiger partial charge in [0, 0.05) is 13.5 Å². The number of aliphatic carboxylic acids is 2. The Bertz CT molecular complexity index is 657. The van der Waals surface area contributed by atoms with Crippen LogP contribution in [0.4, 0.5) is 0 Å². The number of guanidine groups is 1. The molecule has 0 bridgehead atoms. The van der Waals surface area contributed by atoms with Gasteiger partial charge >= 0.3 is 11.9 Å². The second kappa shape index (κ2) is 15.7. The Morgan fingerprint density at radius 1 is 0.966 bits per heavy atom. The van der Waals surface area contributed by atoms with E-state index in [-0.39, 0.29) is 24.0 Å². The third-order valence-corrected chi connectivity index (χ3v) is 2.99. The van der Waals surface area contributed by atoms with Crippen LogP contribution in [-0.2, 0) is 20.8 Å². The fraction of sp³-hybridized carbons (Fsp3) is 0.412. The minimum Gasteiger partial charge on any atom is -0.508 e. The Morgan fingerprint density at radius 2 is 1.41 bits per heavy atom. The van der Waals surface area contributed by atoms with Gasteiger partial charge in [0.1, 0.15) is 17.8 Å². The predicted octanol–water partition coefficient (Wildman–Crippen LogP) is -1.71. The predicted molar refractivity (Wildman–Crippen MR) is 108 cm³/mol. The lowest BCUT2D eigenvalue weighted by atomic mass is 10.1. The number of phenolic OH excluding ortho intramolecular Hbond substituents is 1. The lowest BCUT2D eigenvalue weighted by Gasteiger charge is -2.05. The average molecular weight is 414 g/mol. The third kappa shape index (κ3) is 19.2. The fourth-order valence-electron chi connectivity index (χ4n) is 1.62. The van der Waals surface area contributed by atoms with Crippen LogP contribution in [0.15, 0.2) is 29.3 Å². The van der Waals surface area contributed by atoms with Crippen molar-refractivity contribution in [1.29, 1.82) is 0 Å². The van der Waals surface area contributed by atoms with Crippen molar-refractivity contribution >= 4 is 23.8 Å². The Hall–Kier alpha value is -3.38. The van der Waals surface area contributed by atoms with Crippen LogP contribution in [0.5, 0.6) is 5.75 Å². The normalized spacial score (nSPS) is 11.4. The van der Waals surface area contributed by atoms with Crippen molar-refractivity contribution in [1.82, 2.24) is 0 Å². The number of carboxylic acid groups (broad SMARTS) is 2. The highest BCUT2D eigenvalue weighted by molar-refractivity contribution is 5.75. The minimum absolute atomic E-state index is 0.0129. The van der Waals surface area contributed by atoms with Crippen LogP contribution < -0.4 is 28.7 Å². The Morgan fingerprint density at radius 3 is 1.79 bits per heavy atom. The number of nitrogens with two attached hydrogens (primary N) is 5. The smallest absolute Gasteiger partial charge is 0.320 e. The highest BCUT2D eigenvalue weighted by Crippen LogP contribution is 2.10. The molecule has 1 aromatic carbocycles. The van der Waals surface area contributed by atoms with Crippen LogP contribution in [0.2, 0.25) is 0 Å². The maximum absolute atomic E-state index is 10.4. The summed E-state index contributed by atoms with van der Waals surface area (Å²) < 4.78 is 0. The number of benzene rings is 1. The number of carbonyl (C=O) groups is 3. The molecule has 1 aromatic rings. The summed E-state index contributed by atoms with van der Waals surface area (Å²) in [5.41, 5.74) is 25.9. The second-order valence-electron chi connectivity index (χ2n) is 5.82. The van der Waals surface area contributed by atoms with Gasteiger partial charge < -0.3 is 44.0 Å². The third-order valence-electron chi connectivity index (χ3n) is 2.99. The number of hydrogen-bond acceptors (Lipinski definition) is 7. The zero-order chi connectivity index (χ0) is 23.0. The number of carboxylic acids is 2. The second-order valence-corrected chi connectivity index (χ2v) is 5.82. The van der Waals surface area contributed by atoms with Crippen molar-refractivity contribution < 1.29 is 29.7 Å². The van der Waals surface area contributed by atoms with Gasteiger partial charge in [0.2, 0.25) is 5.91 Å². The molecule has 2 unspecified atom stereocenters. The quantitative estimate of drug-likeness (QED) is 0.136. The molecule has 12 nitrogen and oxygen atoms in total. The first kappa shape index (κ1) is 27.8. The summed E-state index contributed by atoms with van der Waals surface area (Å²) in [5, 5.41) is 25.9. The van der Waals surface area contributed by atoms with Crippen molar-refractivity contribution in [3.63, 3.8) is 0 Å². The van der Waals surface area contributed by atoms with E-state index < -0.39 is 24.0 Å². The molecule has 0 radical (unpaired) electrons. The van der Waals surface area contributed by atoms with Crippen molar-refractivity contribution in [3.05, 3.63) is 29.8 Å². The zero-order valence-corrected chi connectivity index (χ0v) is 16.2. The van der Waals surface area contributed by atoms with Gasteiger partial charge in [-0.3, -0.25) is 19.4 Å². The standard InChI is InChI=1S/C9H11NO3.C6H14N4O2.C2H5NO/c10-8(9(12)13)5-6-1-3-7(11)4-2-6;7-4(5(11)12)2-1-3-10-6(8)9;1-2(3)4/h1-4,8,11H,5,10H2,(H,12,13);4H,1-3,7H2,(H,11,12)(H4,8,9,10);1H3,(H2,3,4). The molecule has 1 amide bonds. The van der Waals surface area contributed by atoms with Gasteiger partial charge in [-0.2, -0.15) is 0 Å². The number of primary amides is 1. The minimum atomic E-state index is -1.02. The van der Waals surface area contributed by atoms with Gasteiger partial charge in [-0.1, -0.05) is 12.1 Å². The Labute approximate surface area is 168 Å². The highest BCUT2D eigenvalue weighted by atomic mass is 16.4. The van der Waals surface area contributed by atoms with E-state index in [1.807, 2.05) is 0 Å². The molecule has 0 heterocycles. The molecule has 0 aromatic heterocycles. The number of phenols is 1. The van der Waals surface area contributed by atoms with Crippen LogP contribution >= 0.6 is 0 Å². The van der Waals surface area contributed by atoms with Crippen LogP contribution in [0.1, 0.15) is 25.3 Å². The molecular weight excluding hydrogens is 384 g/mol. The number of aromatic hydroxyl groups is 1. The maximum atomic E-state index is 10.4. The number of hydrogen-bond donors (Lipinski definition) is 8. The molecule has 0 aliphatic heterocycles. The summed E-state index contributed by atoms with van der Waals surface area (Å²) >= 11 is 0. The van der Waals surface area contributed by atoms with Crippen LogP contribution in [0.25, 0.3) is 0 Å². The van der Waals surface area contributed by atoms with Crippen molar-refractivity contribution in [2.45, 2.75) is 38.3 Å². The van der Waals surface area contributed by atoms with Gasteiger partial charge in [-0.05, 0) is 37.0 Å². The van der Waals surface area contributed by atoms with Crippen molar-refractivity contribution in [3.8, 4) is 5.75 Å². The Kier molecular flexibility index (Phi) is 15.0. The summed E-state index contributed by atoms with van der Waals surface area (Å²) in [5.74, 6) is -2.18. The molecule has 29 heavy (non-hydrogen) atoms. The van der Waals surface area contributed by atoms with Gasteiger partial charge in [0.05, 0.1) is 0 Å². The lowest BCUT2D eigenvalue weighted by Crippen LogP contribution is -2.32. The van der Waals surface area contributed by atoms with E-state index in [0.717, 1.165) is 5.56 Å². The van der Waals surface area contributed by atoms with Gasteiger partial charge in [0.15, 0.2) is 5.96 Å². The van der Waals surface area contributed by atoms with E-state index in [9.17, 15) is 14.4 Å². The van der Waals surface area contributed by atoms with E-state index in [0.29, 0.717) is 19.4 Å². The number of amides is 1. The number of rotatable bonds is 8. The highest BCUT2D eigenvalue weighted by Gasteiger charge is 2.11. The summed E-state index contributed by atoms with van der Waals surface area (Å²) in [6.07, 6.45) is 1.23. The van der Waals surface area contributed by atoms with E-state index in [1.165, 1.54) is 19.1 Å². The van der Waals surface area contributed by atoms with E-state index in [1.54, 1.807) is 12.1 Å². The molecule has 0 fully saturated rings. The fourth-order valence-corrected chi connectivity index (χ4v) is 1.62. The molecule has 0 spiro atoms. The summed E-state index contributed by atoms with van der Waals surface area (Å²) in [6.45, 7) is 1.73. The number of aliphatic imine (C=N–C) groups is 1. The first-order valence-corrected chi connectivity index (χ1v) is 8.42. The summed E-state index contributed by atoms with van der Waals surface area (Å²) in [6, 6.07) is 4.60. The maximum Gasteiger partial charge on any atom is 0.320 e. The number of nitrogens with zero attached hydrogens (tertiary/aromatic N) is 1. The largest absolute Gasteiger partial charge is 0.508 e. The molecule has 0 aliphatic carbocycles. The van der Waals surface area contributed by atoms with Crippen molar-refractivity contribution in [2.75, 3.05) is 6.54 Å². The average Bonchev–Trinajstić information content (AvgIpc) is 2.60. The molecule has 12 heteroatoms. The van der Waals surface area contributed by atoms with Crippen LogP contribution in [0.3, 0.4) is 0 Å². The molecule has 0 aliphatic rings. The van der Waals surface area contributed by atoms with Gasteiger partial charge in [0.25, 0.3) is 0 Å². The summed E-state index contributed by atoms with van der Waals surface area (Å²) in [7, 11) is 0. The monoisotopic (exact) mass is 414 g/mol. The lowest BCUT2D eigenvalue weighted by molar-refractivity contribution is -0.139. The molecule has 1 rings (SSSR count). The zero-order valence-electron chi connectivity index (χ0n) is 16.2. The summed E-state index contributed by atoms with van der Waals surface area (Å²) in [4.78, 5) is 33.5. The first-order valence-electron chi connectivity index (χ1n) is 8.42. The molecule has 164 valence electrons. The van der Waals surface area contributed by atoms with E-state index in [2.05, 4.69) is 10.7 Å². The van der Waals surface area contributed by atoms with Crippen LogP contribution in [0, 0.1) is 0 Å². The first-order chi connectivity index (χ1) is 13.4. The van der Waals surface area contributed by atoms with E-state index >= 15 is 0 Å².